The molecule has 1 aliphatic rings. The Morgan fingerprint density at radius 1 is 1.30 bits per heavy atom. The largest absolute Gasteiger partial charge is 0.399 e. The number of anilines is 1. The van der Waals surface area contributed by atoms with Crippen LogP contribution in [0.15, 0.2) is 18.2 Å². The zero-order chi connectivity index (χ0) is 14.1. The molecule has 1 heterocycles. The molecule has 3 nitrogen and oxygen atoms in total. The van der Waals surface area contributed by atoms with E-state index in [1.807, 2.05) is 12.1 Å². The van der Waals surface area contributed by atoms with Crippen molar-refractivity contribution in [2.24, 2.45) is 5.92 Å². The van der Waals surface area contributed by atoms with E-state index in [4.69, 9.17) is 10.7 Å². The highest BCUT2D eigenvalue weighted by Gasteiger charge is 2.24. The number of hydrogen-bond acceptors (Lipinski definition) is 2. The molecule has 3 heteroatoms. The maximum Gasteiger partial charge on any atom is 0.109 e. The van der Waals surface area contributed by atoms with Crippen LogP contribution in [0.4, 0.5) is 5.69 Å². The van der Waals surface area contributed by atoms with Crippen molar-refractivity contribution in [3.63, 3.8) is 0 Å². The fraction of sp³-hybridized carbons (Fsp3) is 0.588. The minimum atomic E-state index is 0.541. The van der Waals surface area contributed by atoms with Gasteiger partial charge in [-0.25, -0.2) is 4.98 Å². The number of nitrogen functional groups attached to an aromatic ring is 1. The number of benzene rings is 1. The number of nitrogens with two attached hydrogens (primary N) is 1. The van der Waals surface area contributed by atoms with Crippen molar-refractivity contribution in [3.05, 3.63) is 24.0 Å². The summed E-state index contributed by atoms with van der Waals surface area (Å²) in [7, 11) is 0. The monoisotopic (exact) mass is 271 g/mol. The molecule has 1 aliphatic carbocycles. The van der Waals surface area contributed by atoms with Gasteiger partial charge in [0.15, 0.2) is 0 Å². The second-order valence-corrected chi connectivity index (χ2v) is 6.14. The number of rotatable bonds is 3. The molecule has 1 fully saturated rings. The van der Waals surface area contributed by atoms with Crippen LogP contribution in [0.25, 0.3) is 11.0 Å². The average Bonchev–Trinajstić information content (AvgIpc) is 2.84. The number of hydrogen-bond donors (Lipinski definition) is 1. The molecule has 0 saturated heterocycles. The zero-order valence-electron chi connectivity index (χ0n) is 12.6. The summed E-state index contributed by atoms with van der Waals surface area (Å²) in [6.45, 7) is 4.56. The summed E-state index contributed by atoms with van der Waals surface area (Å²) in [5, 5.41) is 0. The minimum Gasteiger partial charge on any atom is -0.399 e. The second-order valence-electron chi connectivity index (χ2n) is 6.14. The Kier molecular flexibility index (Phi) is 3.68. The topological polar surface area (TPSA) is 43.8 Å². The fourth-order valence-corrected chi connectivity index (χ4v) is 3.70. The van der Waals surface area contributed by atoms with Crippen molar-refractivity contribution in [2.45, 2.75) is 58.4 Å². The van der Waals surface area contributed by atoms with Crippen LogP contribution < -0.4 is 5.73 Å². The minimum absolute atomic E-state index is 0.541. The summed E-state index contributed by atoms with van der Waals surface area (Å²) in [4.78, 5) is 4.79. The maximum absolute atomic E-state index is 5.89. The standard InChI is InChI=1S/C17H25N3/c1-3-17-19-15-11-14(18)9-10-16(15)20(17)12(2)13-7-5-4-6-8-13/h9-13H,3-8,18H2,1-2H3. The molecule has 0 bridgehead atoms. The fourth-order valence-electron chi connectivity index (χ4n) is 3.70. The Bertz CT molecular complexity index is 594. The molecule has 1 aromatic carbocycles. The molecule has 3 rings (SSSR count). The Labute approximate surface area is 121 Å². The lowest BCUT2D eigenvalue weighted by molar-refractivity contribution is 0.264. The smallest absolute Gasteiger partial charge is 0.109 e. The quantitative estimate of drug-likeness (QED) is 0.845. The van der Waals surface area contributed by atoms with Gasteiger partial charge in [-0.15, -0.1) is 0 Å². The third-order valence-corrected chi connectivity index (χ3v) is 4.84. The van der Waals surface area contributed by atoms with Crippen LogP contribution in [0.2, 0.25) is 0 Å². The third-order valence-electron chi connectivity index (χ3n) is 4.84. The van der Waals surface area contributed by atoms with Crippen LogP contribution in [0.1, 0.15) is 57.8 Å². The molecule has 1 unspecified atom stereocenters. The lowest BCUT2D eigenvalue weighted by Gasteiger charge is -2.30. The van der Waals surface area contributed by atoms with Crippen LogP contribution in [0.5, 0.6) is 0 Å². The number of nitrogens with zero attached hydrogens (tertiary/aromatic N) is 2. The molecule has 20 heavy (non-hydrogen) atoms. The summed E-state index contributed by atoms with van der Waals surface area (Å²) in [5.41, 5.74) is 8.99. The molecule has 0 radical (unpaired) electrons. The second kappa shape index (κ2) is 5.47. The molecule has 108 valence electrons. The Morgan fingerprint density at radius 3 is 2.75 bits per heavy atom. The van der Waals surface area contributed by atoms with Gasteiger partial charge in [0.05, 0.1) is 11.0 Å². The average molecular weight is 271 g/mol. The molecule has 2 aromatic rings. The molecule has 0 amide bonds. The first-order chi connectivity index (χ1) is 9.70. The van der Waals surface area contributed by atoms with E-state index in [0.29, 0.717) is 6.04 Å². The van der Waals surface area contributed by atoms with Crippen molar-refractivity contribution >= 4 is 16.7 Å². The van der Waals surface area contributed by atoms with Crippen LogP contribution in [-0.2, 0) is 6.42 Å². The van der Waals surface area contributed by atoms with Gasteiger partial charge >= 0.3 is 0 Å². The van der Waals surface area contributed by atoms with Crippen molar-refractivity contribution in [2.75, 3.05) is 5.73 Å². The first-order valence-corrected chi connectivity index (χ1v) is 7.97. The van der Waals surface area contributed by atoms with Crippen molar-refractivity contribution in [3.8, 4) is 0 Å². The van der Waals surface area contributed by atoms with Crippen LogP contribution in [0, 0.1) is 5.92 Å². The lowest BCUT2D eigenvalue weighted by atomic mass is 9.84. The molecule has 1 atom stereocenters. The number of aromatic nitrogens is 2. The van der Waals surface area contributed by atoms with E-state index in [1.165, 1.54) is 43.4 Å². The van der Waals surface area contributed by atoms with E-state index < -0.39 is 0 Å². The molecular weight excluding hydrogens is 246 g/mol. The van der Waals surface area contributed by atoms with Gasteiger partial charge in [0.1, 0.15) is 5.82 Å². The predicted octanol–water partition coefficient (Wildman–Crippen LogP) is 4.32. The van der Waals surface area contributed by atoms with Gasteiger partial charge in [0.2, 0.25) is 0 Å². The molecule has 0 spiro atoms. The van der Waals surface area contributed by atoms with Crippen LogP contribution in [-0.4, -0.2) is 9.55 Å². The number of fused-ring (bicyclic) bond motifs is 1. The van der Waals surface area contributed by atoms with Crippen molar-refractivity contribution < 1.29 is 0 Å². The van der Waals surface area contributed by atoms with Crippen molar-refractivity contribution in [1.29, 1.82) is 0 Å². The van der Waals surface area contributed by atoms with Gasteiger partial charge in [-0.1, -0.05) is 26.2 Å². The van der Waals surface area contributed by atoms with E-state index in [1.54, 1.807) is 0 Å². The third kappa shape index (κ3) is 2.30. The van der Waals surface area contributed by atoms with Crippen molar-refractivity contribution in [1.82, 2.24) is 9.55 Å². The normalized spacial score (nSPS) is 18.5. The Balaban J connectivity index is 2.04. The van der Waals surface area contributed by atoms with Gasteiger partial charge in [-0.3, -0.25) is 0 Å². The van der Waals surface area contributed by atoms with Crippen LogP contribution >= 0.6 is 0 Å². The highest BCUT2D eigenvalue weighted by Crippen LogP contribution is 2.35. The first kappa shape index (κ1) is 13.5. The summed E-state index contributed by atoms with van der Waals surface area (Å²) >= 11 is 0. The Morgan fingerprint density at radius 2 is 2.05 bits per heavy atom. The van der Waals surface area contributed by atoms with E-state index in [0.717, 1.165) is 23.5 Å². The zero-order valence-corrected chi connectivity index (χ0v) is 12.6. The molecular formula is C17H25N3. The Hall–Kier alpha value is -1.51. The summed E-state index contributed by atoms with van der Waals surface area (Å²) in [6.07, 6.45) is 7.88. The van der Waals surface area contributed by atoms with E-state index in [2.05, 4.69) is 24.5 Å². The van der Waals surface area contributed by atoms with Gasteiger partial charge in [0.25, 0.3) is 0 Å². The SMILES string of the molecule is CCc1nc2cc(N)ccc2n1C(C)C1CCCCC1. The summed E-state index contributed by atoms with van der Waals surface area (Å²) in [6, 6.07) is 6.67. The maximum atomic E-state index is 5.89. The first-order valence-electron chi connectivity index (χ1n) is 7.97. The summed E-state index contributed by atoms with van der Waals surface area (Å²) in [5.74, 6) is 1.99. The lowest BCUT2D eigenvalue weighted by Crippen LogP contribution is -2.20. The number of aryl methyl sites for hydroxylation is 1. The predicted molar refractivity (Wildman–Crippen MR) is 84.8 cm³/mol. The van der Waals surface area contributed by atoms with Gasteiger partial charge < -0.3 is 10.3 Å². The molecule has 1 saturated carbocycles. The highest BCUT2D eigenvalue weighted by molar-refractivity contribution is 5.79. The van der Waals surface area contributed by atoms with E-state index in [-0.39, 0.29) is 0 Å². The van der Waals surface area contributed by atoms with E-state index >= 15 is 0 Å². The highest BCUT2D eigenvalue weighted by atomic mass is 15.1. The van der Waals surface area contributed by atoms with Gasteiger partial charge in [-0.05, 0) is 43.9 Å². The summed E-state index contributed by atoms with van der Waals surface area (Å²) < 4.78 is 2.46. The van der Waals surface area contributed by atoms with Gasteiger partial charge in [-0.2, -0.15) is 0 Å². The van der Waals surface area contributed by atoms with Gasteiger partial charge in [0, 0.05) is 18.2 Å². The number of imidazole rings is 1. The molecule has 0 aliphatic heterocycles. The van der Waals surface area contributed by atoms with Crippen LogP contribution in [0.3, 0.4) is 0 Å². The molecule has 1 aromatic heterocycles. The molecule has 2 N–H and O–H groups in total. The van der Waals surface area contributed by atoms with E-state index in [9.17, 15) is 0 Å².